The highest BCUT2D eigenvalue weighted by Crippen LogP contribution is 2.05. The van der Waals surface area contributed by atoms with Crippen molar-refractivity contribution in [2.45, 2.75) is 6.54 Å². The molecular weight excluding hydrogens is 266 g/mol. The van der Waals surface area contributed by atoms with E-state index < -0.39 is 0 Å². The molecule has 1 aromatic carbocycles. The normalized spacial score (nSPS) is 17.4. The molecule has 1 aliphatic rings. The Kier molecular flexibility index (Phi) is 4.90. The largest absolute Gasteiger partial charge is 0.506 e. The summed E-state index contributed by atoms with van der Waals surface area (Å²) < 4.78 is 6.83. The molecule has 0 saturated carbocycles. The van der Waals surface area contributed by atoms with E-state index in [0.29, 0.717) is 0 Å². The molecule has 15 heavy (non-hydrogen) atoms. The highest BCUT2D eigenvalue weighted by atomic mass is 79.9. The Balaban J connectivity index is 1.96. The van der Waals surface area contributed by atoms with E-state index in [-0.39, 0.29) is 18.2 Å². The lowest BCUT2D eigenvalue weighted by atomic mass is 10.2. The molecule has 0 unspecified atom stereocenters. The van der Waals surface area contributed by atoms with Gasteiger partial charge in [0.15, 0.2) is 0 Å². The van der Waals surface area contributed by atoms with Gasteiger partial charge in [-0.3, -0.25) is 17.8 Å². The molecule has 0 bridgehead atoms. The molecule has 1 heterocycles. The van der Waals surface area contributed by atoms with Gasteiger partial charge in [-0.25, -0.2) is 0 Å². The third-order valence-corrected chi connectivity index (χ3v) is 5.35. The average Bonchev–Trinajstić information content (AvgIpc) is 2.31. The van der Waals surface area contributed by atoms with Gasteiger partial charge in [-0.1, -0.05) is 24.3 Å². The predicted octanol–water partition coefficient (Wildman–Crippen LogP) is 1.16. The molecule has 0 atom stereocenters. The third-order valence-electron chi connectivity index (χ3n) is 2.66. The summed E-state index contributed by atoms with van der Waals surface area (Å²) >= 11 is 3.42. The van der Waals surface area contributed by atoms with E-state index in [9.17, 15) is 0 Å². The van der Waals surface area contributed by atoms with Gasteiger partial charge >= 0.3 is 18.2 Å². The van der Waals surface area contributed by atoms with Crippen LogP contribution in [0, 0.1) is 0 Å². The van der Waals surface area contributed by atoms with Crippen molar-refractivity contribution in [3.8, 4) is 0 Å². The van der Waals surface area contributed by atoms with Crippen molar-refractivity contribution >= 4 is 34.8 Å². The van der Waals surface area contributed by atoms with Crippen LogP contribution >= 0.6 is 12.9 Å². The van der Waals surface area contributed by atoms with Crippen molar-refractivity contribution in [3.63, 3.8) is 0 Å². The minimum atomic E-state index is -0.199. The number of rotatable bonds is 3. The zero-order chi connectivity index (χ0) is 10.5. The quantitative estimate of drug-likeness (QED) is 0.771. The monoisotopic (exact) mass is 279 g/mol. The first-order chi connectivity index (χ1) is 7.38. The van der Waals surface area contributed by atoms with Crippen LogP contribution in [-0.4, -0.2) is 49.4 Å². The lowest BCUT2D eigenvalue weighted by molar-refractivity contribution is 0.0342. The number of ether oxygens (including phenoxy) is 1. The lowest BCUT2D eigenvalue weighted by Gasteiger charge is -2.26. The van der Waals surface area contributed by atoms with E-state index in [2.05, 4.69) is 42.0 Å². The lowest BCUT2D eigenvalue weighted by Crippen LogP contribution is -2.35. The maximum Gasteiger partial charge on any atom is 0.506 e. The molecule has 4 heteroatoms. The Bertz CT molecular complexity index is 315. The van der Waals surface area contributed by atoms with E-state index in [0.717, 1.165) is 32.8 Å². The SMILES string of the molecule is [Br][Mg][c]1cccc(CN2CCOCC2)c1. The van der Waals surface area contributed by atoms with Crippen LogP contribution in [0.25, 0.3) is 0 Å². The first kappa shape index (κ1) is 11.9. The van der Waals surface area contributed by atoms with Crippen LogP contribution in [0.2, 0.25) is 0 Å². The zero-order valence-corrected chi connectivity index (χ0v) is 11.8. The fourth-order valence-corrected chi connectivity index (χ4v) is 3.44. The minimum absolute atomic E-state index is 0.199. The molecule has 0 spiro atoms. The van der Waals surface area contributed by atoms with Crippen LogP contribution < -0.4 is 3.69 Å². The standard InChI is InChI=1S/C11H14NO.BrH.Mg/c1-2-4-11(5-3-1)10-12-6-8-13-9-7-12;;/h1-2,4-5H,6-10H2;1H;/q;;+1/p-1. The molecule has 0 aliphatic carbocycles. The van der Waals surface area contributed by atoms with E-state index in [1.54, 1.807) is 0 Å². The van der Waals surface area contributed by atoms with Gasteiger partial charge in [0.05, 0.1) is 13.2 Å². The number of hydrogen-bond acceptors (Lipinski definition) is 2. The molecule has 2 rings (SSSR count). The van der Waals surface area contributed by atoms with Gasteiger partial charge in [0.25, 0.3) is 0 Å². The summed E-state index contributed by atoms with van der Waals surface area (Å²) in [5.41, 5.74) is 1.43. The van der Waals surface area contributed by atoms with Crippen molar-refractivity contribution in [1.82, 2.24) is 4.90 Å². The van der Waals surface area contributed by atoms with Crippen molar-refractivity contribution in [2.75, 3.05) is 26.3 Å². The zero-order valence-electron chi connectivity index (χ0n) is 8.79. The summed E-state index contributed by atoms with van der Waals surface area (Å²) in [5, 5.41) is 0. The Morgan fingerprint density at radius 1 is 1.33 bits per heavy atom. The van der Waals surface area contributed by atoms with E-state index in [1.165, 1.54) is 9.26 Å². The molecule has 1 saturated heterocycles. The maximum atomic E-state index is 5.34. The Morgan fingerprint density at radius 2 is 2.13 bits per heavy atom. The van der Waals surface area contributed by atoms with Crippen molar-refractivity contribution in [3.05, 3.63) is 29.8 Å². The predicted molar refractivity (Wildman–Crippen MR) is 66.9 cm³/mol. The number of morpholine rings is 1. The molecule has 1 aromatic rings. The highest BCUT2D eigenvalue weighted by molar-refractivity contribution is 9.23. The second-order valence-corrected chi connectivity index (χ2v) is 6.61. The smallest absolute Gasteiger partial charge is 0.379 e. The molecular formula is C11H14BrMgNO. The number of benzene rings is 1. The van der Waals surface area contributed by atoms with Crippen molar-refractivity contribution in [2.24, 2.45) is 0 Å². The number of hydrogen-bond donors (Lipinski definition) is 0. The molecule has 0 radical (unpaired) electrons. The molecule has 1 fully saturated rings. The number of nitrogens with zero attached hydrogens (tertiary/aromatic N) is 1. The minimum Gasteiger partial charge on any atom is -0.379 e. The molecule has 78 valence electrons. The second kappa shape index (κ2) is 6.20. The van der Waals surface area contributed by atoms with Gasteiger partial charge < -0.3 is 4.74 Å². The summed E-state index contributed by atoms with van der Waals surface area (Å²) in [6.07, 6.45) is 0. The Hall–Kier alpha value is 0.386. The van der Waals surface area contributed by atoms with Gasteiger partial charge in [0.2, 0.25) is 0 Å². The summed E-state index contributed by atoms with van der Waals surface area (Å²) in [5.74, 6) is 0. The first-order valence-electron chi connectivity index (χ1n) is 5.32. The van der Waals surface area contributed by atoms with Crippen LogP contribution in [0.5, 0.6) is 0 Å². The third kappa shape index (κ3) is 3.71. The number of halogens is 1. The summed E-state index contributed by atoms with van der Waals surface area (Å²) in [6.45, 7) is 4.96. The first-order valence-corrected chi connectivity index (χ1v) is 9.93. The maximum absolute atomic E-state index is 5.34. The van der Waals surface area contributed by atoms with Crippen molar-refractivity contribution < 1.29 is 4.74 Å². The van der Waals surface area contributed by atoms with Gasteiger partial charge in [-0.2, -0.15) is 3.69 Å². The Labute approximate surface area is 107 Å². The van der Waals surface area contributed by atoms with E-state index in [1.807, 2.05) is 0 Å². The molecule has 0 amide bonds. The Morgan fingerprint density at radius 3 is 2.87 bits per heavy atom. The molecule has 2 nitrogen and oxygen atoms in total. The van der Waals surface area contributed by atoms with E-state index >= 15 is 0 Å². The van der Waals surface area contributed by atoms with Gasteiger partial charge in [0, 0.05) is 19.6 Å². The van der Waals surface area contributed by atoms with Crippen LogP contribution in [0.1, 0.15) is 5.56 Å². The molecule has 1 aliphatic heterocycles. The van der Waals surface area contributed by atoms with Crippen molar-refractivity contribution in [1.29, 1.82) is 0 Å². The van der Waals surface area contributed by atoms with Crippen LogP contribution in [-0.2, 0) is 11.3 Å². The fraction of sp³-hybridized carbons (Fsp3) is 0.455. The van der Waals surface area contributed by atoms with Crippen LogP contribution in [0.4, 0.5) is 0 Å². The van der Waals surface area contributed by atoms with Crippen LogP contribution in [0.3, 0.4) is 0 Å². The summed E-state index contributed by atoms with van der Waals surface area (Å²) in [4.78, 5) is 2.46. The average molecular weight is 280 g/mol. The van der Waals surface area contributed by atoms with Gasteiger partial charge in [-0.05, 0) is 5.56 Å². The van der Waals surface area contributed by atoms with Crippen LogP contribution in [0.15, 0.2) is 24.3 Å². The molecule has 0 N–H and O–H groups in total. The summed E-state index contributed by atoms with van der Waals surface area (Å²) in [7, 11) is 0. The molecule has 0 aromatic heterocycles. The fourth-order valence-electron chi connectivity index (χ4n) is 1.83. The second-order valence-electron chi connectivity index (χ2n) is 3.84. The summed E-state index contributed by atoms with van der Waals surface area (Å²) in [6, 6.07) is 8.93. The topological polar surface area (TPSA) is 12.5 Å². The van der Waals surface area contributed by atoms with Gasteiger partial charge in [0.1, 0.15) is 0 Å². The highest BCUT2D eigenvalue weighted by Gasteiger charge is 2.10. The van der Waals surface area contributed by atoms with Gasteiger partial charge in [-0.15, -0.1) is 0 Å². The van der Waals surface area contributed by atoms with E-state index in [4.69, 9.17) is 4.74 Å².